The average molecular weight is 412 g/mol. The molecule has 1 amide bonds. The van der Waals surface area contributed by atoms with Crippen LogP contribution in [0.15, 0.2) is 28.7 Å². The van der Waals surface area contributed by atoms with Gasteiger partial charge in [0, 0.05) is 16.6 Å². The van der Waals surface area contributed by atoms with E-state index in [1.54, 1.807) is 24.3 Å². The van der Waals surface area contributed by atoms with Crippen molar-refractivity contribution in [3.05, 3.63) is 34.3 Å². The van der Waals surface area contributed by atoms with Gasteiger partial charge in [-0.15, -0.1) is 0 Å². The zero-order chi connectivity index (χ0) is 18.4. The fraction of sp³-hybridized carbons (Fsp3) is 0.500. The van der Waals surface area contributed by atoms with Gasteiger partial charge >= 0.3 is 12.1 Å². The Bertz CT molecular complexity index is 629. The number of ketones is 1. The molecule has 0 N–H and O–H groups in total. The number of benzene rings is 1. The molecule has 1 fully saturated rings. The van der Waals surface area contributed by atoms with Crippen molar-refractivity contribution in [2.24, 2.45) is 5.92 Å². The Morgan fingerprint density at radius 1 is 1.20 bits per heavy atom. The maximum Gasteiger partial charge on any atom is 0.410 e. The van der Waals surface area contributed by atoms with Crippen LogP contribution in [-0.2, 0) is 14.3 Å². The predicted molar refractivity (Wildman–Crippen MR) is 95.3 cm³/mol. The van der Waals surface area contributed by atoms with E-state index in [9.17, 15) is 14.4 Å². The molecule has 0 radical (unpaired) electrons. The van der Waals surface area contributed by atoms with E-state index >= 15 is 0 Å². The minimum absolute atomic E-state index is 0.223. The Morgan fingerprint density at radius 3 is 2.52 bits per heavy atom. The van der Waals surface area contributed by atoms with Crippen molar-refractivity contribution in [3.63, 3.8) is 0 Å². The third-order valence-corrected chi connectivity index (χ3v) is 4.34. The number of carbonyl (C=O) groups is 3. The van der Waals surface area contributed by atoms with E-state index in [0.29, 0.717) is 31.6 Å². The number of likely N-dealkylation sites (tertiary alicyclic amines) is 1. The lowest BCUT2D eigenvalue weighted by Crippen LogP contribution is -2.42. The molecule has 0 bridgehead atoms. The number of ether oxygens (including phenoxy) is 2. The molecule has 0 unspecified atom stereocenters. The Balaban J connectivity index is 1.87. The molecular formula is C18H22BrNO5. The van der Waals surface area contributed by atoms with E-state index in [1.165, 1.54) is 4.90 Å². The topological polar surface area (TPSA) is 72.9 Å². The first-order valence-electron chi connectivity index (χ1n) is 8.27. The summed E-state index contributed by atoms with van der Waals surface area (Å²) in [6, 6.07) is 6.13. The van der Waals surface area contributed by atoms with Crippen molar-refractivity contribution < 1.29 is 23.9 Å². The van der Waals surface area contributed by atoms with Crippen molar-refractivity contribution in [1.29, 1.82) is 0 Å². The van der Waals surface area contributed by atoms with Crippen molar-refractivity contribution in [3.8, 4) is 0 Å². The van der Waals surface area contributed by atoms with Crippen LogP contribution in [0.4, 0.5) is 4.79 Å². The van der Waals surface area contributed by atoms with E-state index in [2.05, 4.69) is 15.9 Å². The largest absolute Gasteiger partial charge is 0.456 e. The predicted octanol–water partition coefficient (Wildman–Crippen LogP) is 3.43. The van der Waals surface area contributed by atoms with E-state index in [4.69, 9.17) is 9.47 Å². The summed E-state index contributed by atoms with van der Waals surface area (Å²) < 4.78 is 11.2. The van der Waals surface area contributed by atoms with Crippen LogP contribution in [0.25, 0.3) is 0 Å². The van der Waals surface area contributed by atoms with E-state index in [-0.39, 0.29) is 18.3 Å². The molecule has 0 spiro atoms. The summed E-state index contributed by atoms with van der Waals surface area (Å²) in [7, 11) is 0. The van der Waals surface area contributed by atoms with E-state index < -0.39 is 18.1 Å². The third kappa shape index (κ3) is 5.56. The van der Waals surface area contributed by atoms with Crippen LogP contribution >= 0.6 is 15.9 Å². The fourth-order valence-electron chi connectivity index (χ4n) is 2.50. The zero-order valence-corrected chi connectivity index (χ0v) is 16.0. The second-order valence-electron chi connectivity index (χ2n) is 6.36. The molecule has 1 aromatic carbocycles. The van der Waals surface area contributed by atoms with Crippen molar-refractivity contribution in [1.82, 2.24) is 4.90 Å². The van der Waals surface area contributed by atoms with Crippen LogP contribution in [0.2, 0.25) is 0 Å². The third-order valence-electron chi connectivity index (χ3n) is 3.81. The molecule has 1 heterocycles. The Labute approximate surface area is 155 Å². The van der Waals surface area contributed by atoms with Crippen molar-refractivity contribution >= 4 is 33.8 Å². The van der Waals surface area contributed by atoms with Crippen LogP contribution in [0.3, 0.4) is 0 Å². The number of amides is 1. The van der Waals surface area contributed by atoms with Gasteiger partial charge in [-0.3, -0.25) is 9.69 Å². The van der Waals surface area contributed by atoms with Gasteiger partial charge in [0.25, 0.3) is 0 Å². The lowest BCUT2D eigenvalue weighted by Gasteiger charge is -2.23. The van der Waals surface area contributed by atoms with Crippen LogP contribution in [0, 0.1) is 5.92 Å². The van der Waals surface area contributed by atoms with Gasteiger partial charge < -0.3 is 9.47 Å². The second kappa shape index (κ2) is 8.99. The summed E-state index contributed by atoms with van der Waals surface area (Å²) in [5.41, 5.74) is 0.468. The first-order chi connectivity index (χ1) is 11.9. The molecule has 1 aromatic rings. The molecule has 7 heteroatoms. The van der Waals surface area contributed by atoms with Crippen LogP contribution in [0.5, 0.6) is 0 Å². The molecule has 0 saturated carbocycles. The molecule has 1 atom stereocenters. The van der Waals surface area contributed by atoms with Crippen LogP contribution in [0.1, 0.15) is 37.0 Å². The smallest absolute Gasteiger partial charge is 0.410 e. The molecular weight excluding hydrogens is 390 g/mol. The Kier molecular flexibility index (Phi) is 6.99. The van der Waals surface area contributed by atoms with Gasteiger partial charge in [0.05, 0.1) is 6.61 Å². The van der Waals surface area contributed by atoms with Gasteiger partial charge in [-0.2, -0.15) is 0 Å². The van der Waals surface area contributed by atoms with Crippen molar-refractivity contribution in [2.75, 3.05) is 19.8 Å². The zero-order valence-electron chi connectivity index (χ0n) is 14.4. The van der Waals surface area contributed by atoms with Gasteiger partial charge in [-0.25, -0.2) is 9.59 Å². The minimum atomic E-state index is -0.683. The summed E-state index contributed by atoms with van der Waals surface area (Å²) in [6.07, 6.45) is 0.714. The van der Waals surface area contributed by atoms with Crippen LogP contribution < -0.4 is 0 Å². The number of halogens is 1. The van der Waals surface area contributed by atoms with E-state index in [0.717, 1.165) is 4.47 Å². The Hall–Kier alpha value is -1.89. The Morgan fingerprint density at radius 2 is 1.88 bits per heavy atom. The standard InChI is InChI=1S/C18H22BrNO5/c1-12(2)10-25-18(23)20-9-3-4-15(20)17(22)24-11-16(21)13-5-7-14(19)8-6-13/h5-8,12,15H,3-4,9-11H2,1-2H3/t15-/m0/s1. The van der Waals surface area contributed by atoms with Gasteiger partial charge in [0.1, 0.15) is 6.04 Å². The first-order valence-corrected chi connectivity index (χ1v) is 9.06. The lowest BCUT2D eigenvalue weighted by molar-refractivity contribution is -0.147. The van der Waals surface area contributed by atoms with Gasteiger partial charge in [-0.1, -0.05) is 41.9 Å². The second-order valence-corrected chi connectivity index (χ2v) is 7.28. The number of hydrogen-bond donors (Lipinski definition) is 0. The highest BCUT2D eigenvalue weighted by atomic mass is 79.9. The van der Waals surface area contributed by atoms with Gasteiger partial charge in [-0.05, 0) is 30.9 Å². The minimum Gasteiger partial charge on any atom is -0.456 e. The number of nitrogens with zero attached hydrogens (tertiary/aromatic N) is 1. The molecule has 0 aromatic heterocycles. The normalized spacial score (nSPS) is 16.8. The molecule has 6 nitrogen and oxygen atoms in total. The molecule has 136 valence electrons. The van der Waals surface area contributed by atoms with Crippen LogP contribution in [-0.4, -0.2) is 48.5 Å². The summed E-state index contributed by atoms with van der Waals surface area (Å²) in [6.45, 7) is 4.30. The highest BCUT2D eigenvalue weighted by molar-refractivity contribution is 9.10. The molecule has 1 aliphatic rings. The van der Waals surface area contributed by atoms with Gasteiger partial charge in [0.15, 0.2) is 12.4 Å². The fourth-order valence-corrected chi connectivity index (χ4v) is 2.77. The average Bonchev–Trinajstić information content (AvgIpc) is 3.07. The maximum absolute atomic E-state index is 12.3. The number of carbonyl (C=O) groups excluding carboxylic acids is 3. The summed E-state index contributed by atoms with van der Waals surface area (Å²) in [5, 5.41) is 0. The maximum atomic E-state index is 12.3. The first kappa shape index (κ1) is 19.4. The van der Waals surface area contributed by atoms with Gasteiger partial charge in [0.2, 0.25) is 0 Å². The molecule has 25 heavy (non-hydrogen) atoms. The molecule has 1 saturated heterocycles. The number of Topliss-reactive ketones (excluding diaryl/α,β-unsaturated/α-hetero) is 1. The van der Waals surface area contributed by atoms with Crippen molar-refractivity contribution in [2.45, 2.75) is 32.7 Å². The SMILES string of the molecule is CC(C)COC(=O)N1CCC[C@H]1C(=O)OCC(=O)c1ccc(Br)cc1. The molecule has 0 aliphatic carbocycles. The number of rotatable bonds is 6. The summed E-state index contributed by atoms with van der Waals surface area (Å²) in [5.74, 6) is -0.627. The molecule has 2 rings (SSSR count). The monoisotopic (exact) mass is 411 g/mol. The number of hydrogen-bond acceptors (Lipinski definition) is 5. The summed E-state index contributed by atoms with van der Waals surface area (Å²) >= 11 is 3.30. The summed E-state index contributed by atoms with van der Waals surface area (Å²) in [4.78, 5) is 37.8. The lowest BCUT2D eigenvalue weighted by atomic mass is 10.1. The van der Waals surface area contributed by atoms with E-state index in [1.807, 2.05) is 13.8 Å². The quantitative estimate of drug-likeness (QED) is 0.529. The highest BCUT2D eigenvalue weighted by Crippen LogP contribution is 2.20. The number of esters is 1. The molecule has 1 aliphatic heterocycles. The highest BCUT2D eigenvalue weighted by Gasteiger charge is 2.36.